The van der Waals surface area contributed by atoms with Crippen LogP contribution in [-0.2, 0) is 0 Å². The van der Waals surface area contributed by atoms with E-state index < -0.39 is 0 Å². The van der Waals surface area contributed by atoms with Gasteiger partial charge in [-0.2, -0.15) is 5.10 Å². The number of rotatable bonds is 7. The summed E-state index contributed by atoms with van der Waals surface area (Å²) in [7, 11) is 0. The zero-order valence-corrected chi connectivity index (χ0v) is 11.8. The lowest BCUT2D eigenvalue weighted by molar-refractivity contribution is 0.278. The van der Waals surface area contributed by atoms with Crippen molar-refractivity contribution < 1.29 is 9.13 Å². The quantitative estimate of drug-likeness (QED) is 0.791. The monoisotopic (exact) mass is 277 g/mol. The van der Waals surface area contributed by atoms with E-state index in [4.69, 9.17) is 4.74 Å². The molecule has 0 radical (unpaired) electrons. The van der Waals surface area contributed by atoms with E-state index in [-0.39, 0.29) is 17.9 Å². The summed E-state index contributed by atoms with van der Waals surface area (Å²) < 4.78 is 20.6. The highest BCUT2D eigenvalue weighted by Gasteiger charge is 2.13. The Morgan fingerprint density at radius 1 is 1.30 bits per heavy atom. The molecule has 4 nitrogen and oxygen atoms in total. The van der Waals surface area contributed by atoms with Crippen LogP contribution in [0.25, 0.3) is 0 Å². The fourth-order valence-corrected chi connectivity index (χ4v) is 1.93. The van der Waals surface area contributed by atoms with Gasteiger partial charge in [0, 0.05) is 25.0 Å². The summed E-state index contributed by atoms with van der Waals surface area (Å²) in [5, 5.41) is 7.57. The van der Waals surface area contributed by atoms with Gasteiger partial charge in [-0.05, 0) is 32.0 Å². The molecule has 1 aromatic carbocycles. The van der Waals surface area contributed by atoms with E-state index in [1.54, 1.807) is 24.4 Å². The van der Waals surface area contributed by atoms with E-state index in [9.17, 15) is 4.39 Å². The van der Waals surface area contributed by atoms with Gasteiger partial charge in [-0.15, -0.1) is 0 Å². The number of hydrogen-bond acceptors (Lipinski definition) is 3. The van der Waals surface area contributed by atoms with E-state index in [2.05, 4.69) is 24.3 Å². The molecule has 0 spiro atoms. The molecule has 0 aliphatic carbocycles. The third-order valence-electron chi connectivity index (χ3n) is 3.33. The second-order valence-corrected chi connectivity index (χ2v) is 4.75. The first-order valence-corrected chi connectivity index (χ1v) is 6.78. The van der Waals surface area contributed by atoms with Gasteiger partial charge in [0.25, 0.3) is 0 Å². The van der Waals surface area contributed by atoms with Gasteiger partial charge in [0.1, 0.15) is 6.61 Å². The topological polar surface area (TPSA) is 39.1 Å². The van der Waals surface area contributed by atoms with Crippen molar-refractivity contribution in [2.75, 3.05) is 13.2 Å². The first-order chi connectivity index (χ1) is 9.68. The summed E-state index contributed by atoms with van der Waals surface area (Å²) in [4.78, 5) is 0. The highest BCUT2D eigenvalue weighted by molar-refractivity contribution is 5.23. The van der Waals surface area contributed by atoms with Gasteiger partial charge in [-0.3, -0.25) is 4.68 Å². The van der Waals surface area contributed by atoms with Crippen molar-refractivity contribution in [3.8, 4) is 5.75 Å². The van der Waals surface area contributed by atoms with Crippen molar-refractivity contribution in [3.05, 3.63) is 48.5 Å². The van der Waals surface area contributed by atoms with Crippen molar-refractivity contribution >= 4 is 0 Å². The molecule has 1 aromatic heterocycles. The molecule has 0 saturated carbocycles. The minimum atomic E-state index is -0.328. The van der Waals surface area contributed by atoms with E-state index in [0.29, 0.717) is 18.9 Å². The van der Waals surface area contributed by atoms with Crippen molar-refractivity contribution in [2.45, 2.75) is 25.9 Å². The number of benzene rings is 1. The number of hydrogen-bond donors (Lipinski definition) is 1. The molecule has 2 unspecified atom stereocenters. The predicted molar refractivity (Wildman–Crippen MR) is 76.3 cm³/mol. The first kappa shape index (κ1) is 14.5. The maximum atomic E-state index is 13.3. The van der Waals surface area contributed by atoms with Crippen LogP contribution < -0.4 is 10.1 Å². The van der Waals surface area contributed by atoms with Gasteiger partial charge < -0.3 is 10.1 Å². The molecule has 20 heavy (non-hydrogen) atoms. The third-order valence-corrected chi connectivity index (χ3v) is 3.33. The minimum Gasteiger partial charge on any atom is -0.489 e. The molecule has 1 heterocycles. The summed E-state index contributed by atoms with van der Waals surface area (Å²) in [5.74, 6) is -0.0347. The number of nitrogens with one attached hydrogen (secondary N) is 1. The van der Waals surface area contributed by atoms with Gasteiger partial charge >= 0.3 is 0 Å². The second-order valence-electron chi connectivity index (χ2n) is 4.75. The molecular formula is C15H20FN3O. The Bertz CT molecular complexity index is 516. The van der Waals surface area contributed by atoms with Crippen LogP contribution in [0.1, 0.15) is 19.9 Å². The average Bonchev–Trinajstić information content (AvgIpc) is 2.98. The number of aromatic nitrogens is 2. The standard InChI is InChI=1S/C15H20FN3O/c1-12(13(2)19-10-5-8-18-19)17-9-11-20-15-7-4-3-6-14(15)16/h3-8,10,12-13,17H,9,11H2,1-2H3. The van der Waals surface area contributed by atoms with Crippen LogP contribution in [0.3, 0.4) is 0 Å². The zero-order chi connectivity index (χ0) is 14.4. The normalized spacial score (nSPS) is 13.9. The van der Waals surface area contributed by atoms with Gasteiger partial charge in [0.05, 0.1) is 6.04 Å². The Balaban J connectivity index is 1.72. The fraction of sp³-hybridized carbons (Fsp3) is 0.400. The molecule has 0 saturated heterocycles. The number of para-hydroxylation sites is 1. The molecule has 0 amide bonds. The molecule has 2 rings (SSSR count). The Kier molecular flexibility index (Phi) is 5.12. The third kappa shape index (κ3) is 3.81. The SMILES string of the molecule is CC(NCCOc1ccccc1F)C(C)n1cccn1. The number of ether oxygens (including phenoxy) is 1. The maximum absolute atomic E-state index is 13.3. The van der Waals surface area contributed by atoms with Crippen LogP contribution in [0, 0.1) is 5.82 Å². The maximum Gasteiger partial charge on any atom is 0.165 e. The molecule has 0 fully saturated rings. The van der Waals surface area contributed by atoms with Gasteiger partial charge in [0.2, 0.25) is 0 Å². The van der Waals surface area contributed by atoms with Gasteiger partial charge in [-0.25, -0.2) is 4.39 Å². The smallest absolute Gasteiger partial charge is 0.165 e. The Hall–Kier alpha value is -1.88. The second kappa shape index (κ2) is 7.05. The molecule has 0 bridgehead atoms. The molecule has 2 aromatic rings. The largest absolute Gasteiger partial charge is 0.489 e. The van der Waals surface area contributed by atoms with E-state index in [0.717, 1.165) is 0 Å². The summed E-state index contributed by atoms with van der Waals surface area (Å²) in [5.41, 5.74) is 0. The molecule has 2 atom stereocenters. The van der Waals surface area contributed by atoms with Crippen LogP contribution in [0.2, 0.25) is 0 Å². The van der Waals surface area contributed by atoms with Crippen molar-refractivity contribution in [1.82, 2.24) is 15.1 Å². The lowest BCUT2D eigenvalue weighted by Crippen LogP contribution is -2.36. The van der Waals surface area contributed by atoms with E-state index >= 15 is 0 Å². The van der Waals surface area contributed by atoms with Crippen LogP contribution >= 0.6 is 0 Å². The van der Waals surface area contributed by atoms with Gasteiger partial charge in [0.15, 0.2) is 11.6 Å². The highest BCUT2D eigenvalue weighted by Crippen LogP contribution is 2.15. The summed E-state index contributed by atoms with van der Waals surface area (Å²) in [6.45, 7) is 5.27. The van der Waals surface area contributed by atoms with Crippen molar-refractivity contribution in [2.24, 2.45) is 0 Å². The predicted octanol–water partition coefficient (Wildman–Crippen LogP) is 2.64. The van der Waals surface area contributed by atoms with E-state index in [1.807, 2.05) is 16.9 Å². The highest BCUT2D eigenvalue weighted by atomic mass is 19.1. The molecule has 1 N–H and O–H groups in total. The van der Waals surface area contributed by atoms with E-state index in [1.165, 1.54) is 6.07 Å². The van der Waals surface area contributed by atoms with Crippen molar-refractivity contribution in [3.63, 3.8) is 0 Å². The van der Waals surface area contributed by atoms with Crippen LogP contribution in [-0.4, -0.2) is 29.0 Å². The lowest BCUT2D eigenvalue weighted by atomic mass is 10.2. The summed E-state index contributed by atoms with van der Waals surface area (Å²) in [6, 6.07) is 8.83. The fourth-order valence-electron chi connectivity index (χ4n) is 1.93. The number of nitrogens with zero attached hydrogens (tertiary/aromatic N) is 2. The molecule has 5 heteroatoms. The zero-order valence-electron chi connectivity index (χ0n) is 11.8. The Morgan fingerprint density at radius 2 is 2.10 bits per heavy atom. The minimum absolute atomic E-state index is 0.249. The first-order valence-electron chi connectivity index (χ1n) is 6.78. The summed E-state index contributed by atoms with van der Waals surface area (Å²) >= 11 is 0. The van der Waals surface area contributed by atoms with Crippen LogP contribution in [0.4, 0.5) is 4.39 Å². The summed E-state index contributed by atoms with van der Waals surface area (Å²) in [6.07, 6.45) is 3.71. The molecule has 0 aliphatic heterocycles. The lowest BCUT2D eigenvalue weighted by Gasteiger charge is -2.21. The molecule has 108 valence electrons. The van der Waals surface area contributed by atoms with Crippen LogP contribution in [0.5, 0.6) is 5.75 Å². The van der Waals surface area contributed by atoms with Crippen LogP contribution in [0.15, 0.2) is 42.7 Å². The average molecular weight is 277 g/mol. The Morgan fingerprint density at radius 3 is 2.80 bits per heavy atom. The van der Waals surface area contributed by atoms with Crippen molar-refractivity contribution in [1.29, 1.82) is 0 Å². The molecular weight excluding hydrogens is 257 g/mol. The Labute approximate surface area is 118 Å². The van der Waals surface area contributed by atoms with Gasteiger partial charge in [-0.1, -0.05) is 12.1 Å². The number of halogens is 1. The molecule has 0 aliphatic rings.